The van der Waals surface area contributed by atoms with E-state index in [9.17, 15) is 14.4 Å². The van der Waals surface area contributed by atoms with E-state index >= 15 is 0 Å². The molecule has 0 aromatic carbocycles. The standard InChI is InChI=1S/C13H20N4O4/c1-4-21-12(19)9-5-7-17(8-6-9)10-11(18)15(2)13(20)16(3)14-10/h9H,4-8H2,1-3H3. The highest BCUT2D eigenvalue weighted by atomic mass is 16.5. The molecule has 21 heavy (non-hydrogen) atoms. The Balaban J connectivity index is 2.15. The summed E-state index contributed by atoms with van der Waals surface area (Å²) in [6, 6.07) is 0. The van der Waals surface area contributed by atoms with Crippen molar-refractivity contribution in [3.8, 4) is 0 Å². The number of hydrogen-bond acceptors (Lipinski definition) is 6. The zero-order valence-corrected chi connectivity index (χ0v) is 12.5. The number of carbonyl (C=O) groups is 1. The predicted octanol–water partition coefficient (Wildman–Crippen LogP) is -0.741. The van der Waals surface area contributed by atoms with E-state index in [0.717, 1.165) is 9.25 Å². The van der Waals surface area contributed by atoms with Crippen LogP contribution in [0.5, 0.6) is 0 Å². The lowest BCUT2D eigenvalue weighted by Crippen LogP contribution is -2.46. The van der Waals surface area contributed by atoms with E-state index < -0.39 is 11.2 Å². The third-order valence-corrected chi connectivity index (χ3v) is 3.72. The third kappa shape index (κ3) is 2.98. The fourth-order valence-electron chi connectivity index (χ4n) is 2.47. The van der Waals surface area contributed by atoms with Crippen molar-refractivity contribution < 1.29 is 9.53 Å². The lowest BCUT2D eigenvalue weighted by Gasteiger charge is -2.31. The first-order valence-corrected chi connectivity index (χ1v) is 7.01. The van der Waals surface area contributed by atoms with Gasteiger partial charge < -0.3 is 9.64 Å². The molecular weight excluding hydrogens is 276 g/mol. The molecule has 8 heteroatoms. The van der Waals surface area contributed by atoms with Gasteiger partial charge in [0, 0.05) is 27.2 Å². The third-order valence-electron chi connectivity index (χ3n) is 3.72. The summed E-state index contributed by atoms with van der Waals surface area (Å²) in [6.07, 6.45) is 1.24. The highest BCUT2D eigenvalue weighted by Crippen LogP contribution is 2.20. The summed E-state index contributed by atoms with van der Waals surface area (Å²) in [5, 5.41) is 4.04. The van der Waals surface area contributed by atoms with Crippen LogP contribution in [0.4, 0.5) is 5.82 Å². The molecule has 0 amide bonds. The Morgan fingerprint density at radius 3 is 2.48 bits per heavy atom. The van der Waals surface area contributed by atoms with Crippen molar-refractivity contribution in [3.63, 3.8) is 0 Å². The molecule has 1 aromatic rings. The van der Waals surface area contributed by atoms with Gasteiger partial charge in [-0.3, -0.25) is 14.2 Å². The number of rotatable bonds is 3. The predicted molar refractivity (Wildman–Crippen MR) is 76.3 cm³/mol. The van der Waals surface area contributed by atoms with Gasteiger partial charge in [0.05, 0.1) is 12.5 Å². The molecule has 0 N–H and O–H groups in total. The Labute approximate surface area is 121 Å². The molecule has 0 bridgehead atoms. The summed E-state index contributed by atoms with van der Waals surface area (Å²) in [7, 11) is 2.94. The van der Waals surface area contributed by atoms with Gasteiger partial charge in [0.15, 0.2) is 0 Å². The SMILES string of the molecule is CCOC(=O)C1CCN(c2nn(C)c(=O)n(C)c2=O)CC1. The van der Waals surface area contributed by atoms with Gasteiger partial charge in [-0.2, -0.15) is 0 Å². The molecule has 1 fully saturated rings. The minimum atomic E-state index is -0.454. The molecule has 1 saturated heterocycles. The number of anilines is 1. The van der Waals surface area contributed by atoms with Crippen molar-refractivity contribution in [1.82, 2.24) is 14.3 Å². The second-order valence-electron chi connectivity index (χ2n) is 5.11. The number of carbonyl (C=O) groups excluding carboxylic acids is 1. The van der Waals surface area contributed by atoms with Crippen LogP contribution in [0.1, 0.15) is 19.8 Å². The smallest absolute Gasteiger partial charge is 0.346 e. The minimum absolute atomic E-state index is 0.127. The topological polar surface area (TPSA) is 86.4 Å². The van der Waals surface area contributed by atoms with Crippen molar-refractivity contribution in [2.24, 2.45) is 20.0 Å². The van der Waals surface area contributed by atoms with E-state index in [4.69, 9.17) is 4.74 Å². The molecular formula is C13H20N4O4. The van der Waals surface area contributed by atoms with Crippen LogP contribution in [-0.4, -0.2) is 40.0 Å². The molecule has 1 aliphatic rings. The van der Waals surface area contributed by atoms with Crippen LogP contribution in [0.25, 0.3) is 0 Å². The first-order valence-electron chi connectivity index (χ1n) is 7.01. The molecule has 1 aromatic heterocycles. The quantitative estimate of drug-likeness (QED) is 0.683. The normalized spacial score (nSPS) is 16.0. The fraction of sp³-hybridized carbons (Fsp3) is 0.692. The number of nitrogens with zero attached hydrogens (tertiary/aromatic N) is 4. The second kappa shape index (κ2) is 6.11. The molecule has 1 aliphatic heterocycles. The van der Waals surface area contributed by atoms with E-state index in [1.54, 1.807) is 6.92 Å². The Morgan fingerprint density at radius 1 is 1.29 bits per heavy atom. The number of ether oxygens (including phenoxy) is 1. The molecule has 0 atom stereocenters. The number of aromatic nitrogens is 3. The zero-order chi connectivity index (χ0) is 15.6. The maximum atomic E-state index is 12.1. The molecule has 0 spiro atoms. The lowest BCUT2D eigenvalue weighted by atomic mass is 9.97. The monoisotopic (exact) mass is 296 g/mol. The van der Waals surface area contributed by atoms with Crippen molar-refractivity contribution in [3.05, 3.63) is 20.8 Å². The van der Waals surface area contributed by atoms with E-state index in [1.807, 2.05) is 4.90 Å². The van der Waals surface area contributed by atoms with Gasteiger partial charge >= 0.3 is 11.7 Å². The molecule has 0 saturated carbocycles. The number of esters is 1. The Morgan fingerprint density at radius 2 is 1.90 bits per heavy atom. The van der Waals surface area contributed by atoms with Crippen LogP contribution in [0.15, 0.2) is 9.59 Å². The molecule has 0 unspecified atom stereocenters. The lowest BCUT2D eigenvalue weighted by molar-refractivity contribution is -0.148. The summed E-state index contributed by atoms with van der Waals surface area (Å²) in [5.41, 5.74) is -0.863. The maximum absolute atomic E-state index is 12.1. The fourth-order valence-corrected chi connectivity index (χ4v) is 2.47. The van der Waals surface area contributed by atoms with Crippen molar-refractivity contribution in [1.29, 1.82) is 0 Å². The van der Waals surface area contributed by atoms with Gasteiger partial charge in [-0.15, -0.1) is 5.10 Å². The Kier molecular flexibility index (Phi) is 4.44. The largest absolute Gasteiger partial charge is 0.466 e. The van der Waals surface area contributed by atoms with Crippen molar-refractivity contribution in [2.45, 2.75) is 19.8 Å². The first-order chi connectivity index (χ1) is 9.95. The van der Waals surface area contributed by atoms with E-state index in [2.05, 4.69) is 5.10 Å². The zero-order valence-electron chi connectivity index (χ0n) is 12.5. The van der Waals surface area contributed by atoms with Crippen molar-refractivity contribution >= 4 is 11.8 Å². The van der Waals surface area contributed by atoms with Crippen LogP contribution in [0.3, 0.4) is 0 Å². The van der Waals surface area contributed by atoms with Gasteiger partial charge in [0.25, 0.3) is 5.56 Å². The minimum Gasteiger partial charge on any atom is -0.466 e. The molecule has 8 nitrogen and oxygen atoms in total. The van der Waals surface area contributed by atoms with Gasteiger partial charge in [-0.25, -0.2) is 9.48 Å². The Bertz CT molecular complexity index is 641. The van der Waals surface area contributed by atoms with Crippen molar-refractivity contribution in [2.75, 3.05) is 24.6 Å². The number of hydrogen-bond donors (Lipinski definition) is 0. The Hall–Kier alpha value is -2.12. The van der Waals surface area contributed by atoms with Gasteiger partial charge in [-0.1, -0.05) is 0 Å². The van der Waals surface area contributed by atoms with Crippen LogP contribution in [0, 0.1) is 5.92 Å². The highest BCUT2D eigenvalue weighted by molar-refractivity contribution is 5.72. The first kappa shape index (κ1) is 15.3. The van der Waals surface area contributed by atoms with Crippen LogP contribution >= 0.6 is 0 Å². The van der Waals surface area contributed by atoms with E-state index in [-0.39, 0.29) is 17.7 Å². The van der Waals surface area contributed by atoms with Crippen LogP contribution in [0.2, 0.25) is 0 Å². The summed E-state index contributed by atoms with van der Waals surface area (Å²) < 4.78 is 7.20. The number of aryl methyl sites for hydroxylation is 1. The van der Waals surface area contributed by atoms with Gasteiger partial charge in [0.1, 0.15) is 0 Å². The van der Waals surface area contributed by atoms with Crippen LogP contribution < -0.4 is 16.1 Å². The maximum Gasteiger partial charge on any atom is 0.346 e. The summed E-state index contributed by atoms with van der Waals surface area (Å²) in [4.78, 5) is 37.2. The van der Waals surface area contributed by atoms with Gasteiger partial charge in [-0.05, 0) is 19.8 Å². The molecule has 2 heterocycles. The summed E-state index contributed by atoms with van der Waals surface area (Å²) >= 11 is 0. The second-order valence-corrected chi connectivity index (χ2v) is 5.11. The average Bonchev–Trinajstić information content (AvgIpc) is 2.49. The summed E-state index contributed by atoms with van der Waals surface area (Å²) in [6.45, 7) is 3.25. The molecule has 0 aliphatic carbocycles. The van der Waals surface area contributed by atoms with Crippen LogP contribution in [-0.2, 0) is 23.6 Å². The van der Waals surface area contributed by atoms with E-state index in [1.165, 1.54) is 14.1 Å². The number of piperidine rings is 1. The molecule has 116 valence electrons. The summed E-state index contributed by atoms with van der Waals surface area (Å²) in [5.74, 6) is -0.0574. The average molecular weight is 296 g/mol. The highest BCUT2D eigenvalue weighted by Gasteiger charge is 2.28. The molecule has 0 radical (unpaired) electrons. The van der Waals surface area contributed by atoms with Gasteiger partial charge in [0.2, 0.25) is 5.82 Å². The molecule has 2 rings (SSSR count). The van der Waals surface area contributed by atoms with E-state index in [0.29, 0.717) is 32.5 Å².